The van der Waals surface area contributed by atoms with Crippen LogP contribution in [0.1, 0.15) is 21.6 Å². The molecule has 0 aliphatic carbocycles. The summed E-state index contributed by atoms with van der Waals surface area (Å²) < 4.78 is 13.6. The molecule has 1 amide bonds. The van der Waals surface area contributed by atoms with Crippen LogP contribution in [0.3, 0.4) is 0 Å². The molecule has 3 rings (SSSR count). The molecule has 6 heteroatoms. The van der Waals surface area contributed by atoms with Crippen LogP contribution in [0, 0.1) is 5.82 Å². The summed E-state index contributed by atoms with van der Waals surface area (Å²) in [4.78, 5) is 12.1. The number of hydrogen-bond acceptors (Lipinski definition) is 4. The molecule has 0 aliphatic rings. The fraction of sp³-hybridized carbons (Fsp3) is 0.150. The summed E-state index contributed by atoms with van der Waals surface area (Å²) >= 11 is 0. The monoisotopic (exact) mass is 350 g/mol. The third-order valence-electron chi connectivity index (χ3n) is 3.86. The first-order valence-corrected chi connectivity index (χ1v) is 8.35. The number of rotatable bonds is 7. The van der Waals surface area contributed by atoms with E-state index in [0.29, 0.717) is 24.5 Å². The van der Waals surface area contributed by atoms with Crippen LogP contribution in [0.25, 0.3) is 0 Å². The smallest absolute Gasteiger partial charge is 0.271 e. The van der Waals surface area contributed by atoms with Crippen molar-refractivity contribution in [3.8, 4) is 0 Å². The molecule has 0 saturated heterocycles. The van der Waals surface area contributed by atoms with E-state index in [1.807, 2.05) is 30.3 Å². The summed E-state index contributed by atoms with van der Waals surface area (Å²) in [5.41, 5.74) is 1.94. The van der Waals surface area contributed by atoms with Gasteiger partial charge in [0.05, 0.1) is 0 Å². The van der Waals surface area contributed by atoms with Gasteiger partial charge in [0.1, 0.15) is 11.6 Å². The number of halogens is 1. The Morgan fingerprint density at radius 2 is 1.69 bits per heavy atom. The molecule has 1 heterocycles. The average molecular weight is 350 g/mol. The van der Waals surface area contributed by atoms with E-state index in [9.17, 15) is 9.18 Å². The van der Waals surface area contributed by atoms with Gasteiger partial charge in [0.25, 0.3) is 5.91 Å². The maximum atomic E-state index is 13.6. The van der Waals surface area contributed by atoms with Crippen LogP contribution < -0.4 is 10.6 Å². The summed E-state index contributed by atoms with van der Waals surface area (Å²) in [5.74, 6) is -0.0643. The van der Waals surface area contributed by atoms with Crippen molar-refractivity contribution in [2.24, 2.45) is 0 Å². The number of carbonyl (C=O) groups is 1. The zero-order valence-electron chi connectivity index (χ0n) is 14.2. The number of carbonyl (C=O) groups excluding carboxylic acids is 1. The molecule has 0 spiro atoms. The van der Waals surface area contributed by atoms with Crippen molar-refractivity contribution in [3.05, 3.63) is 89.4 Å². The maximum Gasteiger partial charge on any atom is 0.271 e. The van der Waals surface area contributed by atoms with Crippen LogP contribution in [0.5, 0.6) is 0 Å². The number of benzene rings is 2. The first-order chi connectivity index (χ1) is 12.7. The normalized spacial score (nSPS) is 10.3. The third-order valence-corrected chi connectivity index (χ3v) is 3.86. The molecule has 0 radical (unpaired) electrons. The third kappa shape index (κ3) is 4.86. The number of nitrogens with one attached hydrogen (secondary N) is 2. The second-order valence-corrected chi connectivity index (χ2v) is 5.74. The zero-order chi connectivity index (χ0) is 18.2. The lowest BCUT2D eigenvalue weighted by molar-refractivity contribution is 0.0948. The van der Waals surface area contributed by atoms with Gasteiger partial charge in [-0.05, 0) is 30.2 Å². The van der Waals surface area contributed by atoms with Crippen molar-refractivity contribution in [1.29, 1.82) is 0 Å². The lowest BCUT2D eigenvalue weighted by Gasteiger charge is -2.07. The lowest BCUT2D eigenvalue weighted by Crippen LogP contribution is -2.26. The van der Waals surface area contributed by atoms with Crippen molar-refractivity contribution in [1.82, 2.24) is 15.5 Å². The van der Waals surface area contributed by atoms with E-state index in [1.54, 1.807) is 30.3 Å². The van der Waals surface area contributed by atoms with E-state index in [2.05, 4.69) is 20.8 Å². The van der Waals surface area contributed by atoms with Gasteiger partial charge >= 0.3 is 0 Å². The number of anilines is 1. The fourth-order valence-electron chi connectivity index (χ4n) is 2.43. The average Bonchev–Trinajstić information content (AvgIpc) is 2.68. The Labute approximate surface area is 151 Å². The van der Waals surface area contributed by atoms with Gasteiger partial charge < -0.3 is 10.6 Å². The Kier molecular flexibility index (Phi) is 5.88. The van der Waals surface area contributed by atoms with E-state index in [1.165, 1.54) is 6.07 Å². The lowest BCUT2D eigenvalue weighted by atomic mass is 10.1. The van der Waals surface area contributed by atoms with Crippen LogP contribution in [-0.4, -0.2) is 22.6 Å². The van der Waals surface area contributed by atoms with E-state index >= 15 is 0 Å². The van der Waals surface area contributed by atoms with E-state index in [4.69, 9.17) is 0 Å². The highest BCUT2D eigenvalue weighted by molar-refractivity contribution is 5.92. The number of aromatic nitrogens is 2. The van der Waals surface area contributed by atoms with E-state index in [0.717, 1.165) is 12.0 Å². The van der Waals surface area contributed by atoms with Crippen molar-refractivity contribution in [2.75, 3.05) is 11.9 Å². The molecule has 0 fully saturated rings. The van der Waals surface area contributed by atoms with Gasteiger partial charge in [0.2, 0.25) is 0 Å². The summed E-state index contributed by atoms with van der Waals surface area (Å²) in [6.45, 7) is 0.821. The van der Waals surface area contributed by atoms with Gasteiger partial charge in [0, 0.05) is 18.7 Å². The summed E-state index contributed by atoms with van der Waals surface area (Å²) in [5, 5.41) is 13.7. The van der Waals surface area contributed by atoms with E-state index < -0.39 is 0 Å². The Balaban J connectivity index is 1.49. The molecule has 2 N–H and O–H groups in total. The summed E-state index contributed by atoms with van der Waals surface area (Å²) in [6.07, 6.45) is 0.752. The maximum absolute atomic E-state index is 13.6. The Bertz CT molecular complexity index is 853. The Morgan fingerprint density at radius 3 is 2.42 bits per heavy atom. The van der Waals surface area contributed by atoms with Crippen LogP contribution in [0.2, 0.25) is 0 Å². The largest absolute Gasteiger partial charge is 0.364 e. The highest BCUT2D eigenvalue weighted by atomic mass is 19.1. The quantitative estimate of drug-likeness (QED) is 0.687. The molecule has 0 aliphatic heterocycles. The second kappa shape index (κ2) is 8.71. The molecule has 132 valence electrons. The van der Waals surface area contributed by atoms with Crippen molar-refractivity contribution < 1.29 is 9.18 Å². The number of nitrogens with zero attached hydrogens (tertiary/aromatic N) is 2. The molecule has 3 aromatic rings. The van der Waals surface area contributed by atoms with Crippen LogP contribution in [-0.2, 0) is 13.0 Å². The van der Waals surface area contributed by atoms with Gasteiger partial charge in [-0.15, -0.1) is 10.2 Å². The SMILES string of the molecule is O=C(NCCc1ccccc1)c1ccc(NCc2ccccc2F)nn1. The molecule has 0 saturated carbocycles. The van der Waals surface area contributed by atoms with Gasteiger partial charge in [0.15, 0.2) is 5.69 Å². The molecule has 5 nitrogen and oxygen atoms in total. The van der Waals surface area contributed by atoms with Crippen LogP contribution in [0.15, 0.2) is 66.7 Å². The standard InChI is InChI=1S/C20H19FN4O/c21-17-9-5-4-8-16(17)14-23-19-11-10-18(24-25-19)20(26)22-13-12-15-6-2-1-3-7-15/h1-11H,12-14H2,(H,22,26)(H,23,25). The van der Waals surface area contributed by atoms with Crippen molar-refractivity contribution >= 4 is 11.7 Å². The minimum Gasteiger partial charge on any atom is -0.364 e. The first kappa shape index (κ1) is 17.5. The minimum atomic E-state index is -0.276. The topological polar surface area (TPSA) is 66.9 Å². The predicted molar refractivity (Wildman–Crippen MR) is 98.2 cm³/mol. The molecule has 26 heavy (non-hydrogen) atoms. The van der Waals surface area contributed by atoms with Gasteiger partial charge in [-0.2, -0.15) is 0 Å². The first-order valence-electron chi connectivity index (χ1n) is 8.35. The molecule has 0 atom stereocenters. The molecule has 1 aromatic heterocycles. The van der Waals surface area contributed by atoms with Gasteiger partial charge in [-0.1, -0.05) is 48.5 Å². The Hall–Kier alpha value is -3.28. The highest BCUT2D eigenvalue weighted by Gasteiger charge is 2.08. The number of amides is 1. The van der Waals surface area contributed by atoms with Crippen LogP contribution in [0.4, 0.5) is 10.2 Å². The Morgan fingerprint density at radius 1 is 0.923 bits per heavy atom. The minimum absolute atomic E-state index is 0.245. The van der Waals surface area contributed by atoms with Crippen LogP contribution >= 0.6 is 0 Å². The molecule has 0 bridgehead atoms. The highest BCUT2D eigenvalue weighted by Crippen LogP contribution is 2.09. The molecule has 2 aromatic carbocycles. The fourth-order valence-corrected chi connectivity index (χ4v) is 2.43. The van der Waals surface area contributed by atoms with Crippen molar-refractivity contribution in [3.63, 3.8) is 0 Å². The predicted octanol–water partition coefficient (Wildman–Crippen LogP) is 3.20. The van der Waals surface area contributed by atoms with Crippen molar-refractivity contribution in [2.45, 2.75) is 13.0 Å². The van der Waals surface area contributed by atoms with E-state index in [-0.39, 0.29) is 17.4 Å². The zero-order valence-corrected chi connectivity index (χ0v) is 14.2. The molecular formula is C20H19FN4O. The molecule has 0 unspecified atom stereocenters. The second-order valence-electron chi connectivity index (χ2n) is 5.74. The van der Waals surface area contributed by atoms with Gasteiger partial charge in [-0.25, -0.2) is 4.39 Å². The molecular weight excluding hydrogens is 331 g/mol. The summed E-state index contributed by atoms with van der Waals surface area (Å²) in [7, 11) is 0. The van der Waals surface area contributed by atoms with Gasteiger partial charge in [-0.3, -0.25) is 4.79 Å². The summed E-state index contributed by atoms with van der Waals surface area (Å²) in [6, 6.07) is 19.7. The number of hydrogen-bond donors (Lipinski definition) is 2.